The Labute approximate surface area is 181 Å². The Morgan fingerprint density at radius 1 is 1.19 bits per heavy atom. The summed E-state index contributed by atoms with van der Waals surface area (Å²) in [5.74, 6) is -4.45. The van der Waals surface area contributed by atoms with E-state index in [9.17, 15) is 24.4 Å². The fourth-order valence-electron chi connectivity index (χ4n) is 2.36. The highest BCUT2D eigenvalue weighted by molar-refractivity contribution is 7.13. The first-order valence-electron chi connectivity index (χ1n) is 9.04. The second-order valence-electron chi connectivity index (χ2n) is 7.03. The van der Waals surface area contributed by atoms with Crippen LogP contribution in [0.5, 0.6) is 0 Å². The average molecular weight is 448 g/mol. The number of carbonyl (C=O) groups is 3. The smallest absolute Gasteiger partial charge is 0.475 e. The number of thiophene rings is 1. The number of amides is 1. The maximum atomic E-state index is 12.8. The van der Waals surface area contributed by atoms with Crippen molar-refractivity contribution in [3.05, 3.63) is 57.8 Å². The van der Waals surface area contributed by atoms with E-state index in [1.54, 1.807) is 23.6 Å². The number of nitrogens with zero attached hydrogens (tertiary/aromatic N) is 1. The van der Waals surface area contributed by atoms with Crippen molar-refractivity contribution in [1.82, 2.24) is 5.32 Å². The number of hydrogen-bond donors (Lipinski definition) is 5. The van der Waals surface area contributed by atoms with E-state index in [0.29, 0.717) is 10.4 Å². The minimum atomic E-state index is -1.96. The first-order chi connectivity index (χ1) is 14.5. The third-order valence-corrected chi connectivity index (χ3v) is 5.03. The molecule has 1 unspecified atom stereocenters. The van der Waals surface area contributed by atoms with Gasteiger partial charge in [-0.25, -0.2) is 9.59 Å². The van der Waals surface area contributed by atoms with Gasteiger partial charge in [-0.15, -0.1) is 11.3 Å². The van der Waals surface area contributed by atoms with Gasteiger partial charge in [0.1, 0.15) is 0 Å². The SMILES string of the molecule is CC(C)(O/N=C(\C(=O)NC(Cc1cccc(C(=O)O)c1)B(O)O)c1cccs1)C(=O)O. The number of aliphatic carboxylic acids is 1. The molecule has 1 aromatic heterocycles. The number of rotatable bonds is 10. The third kappa shape index (κ3) is 6.64. The molecule has 1 amide bonds. The highest BCUT2D eigenvalue weighted by atomic mass is 32.1. The van der Waals surface area contributed by atoms with Crippen LogP contribution in [0.15, 0.2) is 46.9 Å². The standard InChI is InChI=1S/C19H21BN2O8S/c1-19(2,18(26)27)30-22-15(13-7-4-8-31-13)16(23)21-14(20(28)29)10-11-5-3-6-12(9-11)17(24)25/h3-9,14,28-29H,10H2,1-2H3,(H,21,23)(H,24,25)(H,26,27)/b22-15-. The molecule has 0 bridgehead atoms. The van der Waals surface area contributed by atoms with Crippen molar-refractivity contribution >= 4 is 42.0 Å². The zero-order valence-corrected chi connectivity index (χ0v) is 17.5. The fraction of sp³-hybridized carbons (Fsp3) is 0.263. The van der Waals surface area contributed by atoms with Gasteiger partial charge in [0.05, 0.1) is 16.4 Å². The molecule has 0 radical (unpaired) electrons. The molecular weight excluding hydrogens is 427 g/mol. The van der Waals surface area contributed by atoms with Crippen molar-refractivity contribution in [2.24, 2.45) is 5.16 Å². The van der Waals surface area contributed by atoms with Gasteiger partial charge in [-0.1, -0.05) is 23.4 Å². The van der Waals surface area contributed by atoms with Gasteiger partial charge in [-0.3, -0.25) is 4.79 Å². The van der Waals surface area contributed by atoms with Gasteiger partial charge in [0, 0.05) is 0 Å². The van der Waals surface area contributed by atoms with E-state index in [4.69, 9.17) is 15.1 Å². The lowest BCUT2D eigenvalue weighted by Crippen LogP contribution is -2.50. The van der Waals surface area contributed by atoms with Crippen molar-refractivity contribution in [2.75, 3.05) is 0 Å². The van der Waals surface area contributed by atoms with Crippen molar-refractivity contribution in [3.63, 3.8) is 0 Å². The summed E-state index contributed by atoms with van der Waals surface area (Å²) in [5.41, 5.74) is -1.47. The molecule has 0 aliphatic heterocycles. The summed E-state index contributed by atoms with van der Waals surface area (Å²) < 4.78 is 0. The van der Waals surface area contributed by atoms with Crippen LogP contribution in [0, 0.1) is 0 Å². The Hall–Kier alpha value is -3.22. The number of hydrogen-bond acceptors (Lipinski definition) is 8. The summed E-state index contributed by atoms with van der Waals surface area (Å²) in [6.45, 7) is 2.52. The summed E-state index contributed by atoms with van der Waals surface area (Å²) in [6, 6.07) is 9.05. The molecule has 0 saturated carbocycles. The second-order valence-corrected chi connectivity index (χ2v) is 7.97. The monoisotopic (exact) mass is 448 g/mol. The largest absolute Gasteiger partial charge is 0.478 e. The van der Waals surface area contributed by atoms with E-state index in [2.05, 4.69) is 10.5 Å². The van der Waals surface area contributed by atoms with Gasteiger partial charge in [0.2, 0.25) is 5.60 Å². The minimum Gasteiger partial charge on any atom is -0.478 e. The molecule has 31 heavy (non-hydrogen) atoms. The molecular formula is C19H21BN2O8S. The molecule has 2 rings (SSSR count). The van der Waals surface area contributed by atoms with Crippen molar-refractivity contribution < 1.29 is 39.5 Å². The van der Waals surface area contributed by atoms with Crippen LogP contribution >= 0.6 is 11.3 Å². The quantitative estimate of drug-likeness (QED) is 0.202. The fourth-order valence-corrected chi connectivity index (χ4v) is 3.07. The van der Waals surface area contributed by atoms with Crippen LogP contribution in [0.2, 0.25) is 0 Å². The molecule has 1 aromatic carbocycles. The number of oxime groups is 1. The Bertz CT molecular complexity index is 975. The lowest BCUT2D eigenvalue weighted by molar-refractivity contribution is -0.161. The van der Waals surface area contributed by atoms with E-state index in [1.807, 2.05) is 0 Å². The van der Waals surface area contributed by atoms with Gasteiger partial charge in [0.25, 0.3) is 5.91 Å². The Morgan fingerprint density at radius 3 is 2.45 bits per heavy atom. The summed E-state index contributed by atoms with van der Waals surface area (Å²) in [7, 11) is -1.96. The predicted octanol–water partition coefficient (Wildman–Crippen LogP) is 0.770. The summed E-state index contributed by atoms with van der Waals surface area (Å²) in [4.78, 5) is 40.6. The third-order valence-electron chi connectivity index (χ3n) is 4.16. The number of carbonyl (C=O) groups excluding carboxylic acids is 1. The molecule has 0 aliphatic rings. The lowest BCUT2D eigenvalue weighted by atomic mass is 9.75. The Balaban J connectivity index is 2.25. The number of nitrogens with one attached hydrogen (secondary N) is 1. The maximum absolute atomic E-state index is 12.8. The van der Waals surface area contributed by atoms with Crippen LogP contribution in [0.25, 0.3) is 0 Å². The van der Waals surface area contributed by atoms with Crippen LogP contribution in [0.4, 0.5) is 0 Å². The topological polar surface area (TPSA) is 166 Å². The molecule has 5 N–H and O–H groups in total. The number of carboxylic acids is 2. The maximum Gasteiger partial charge on any atom is 0.475 e. The molecule has 1 heterocycles. The molecule has 164 valence electrons. The molecule has 10 nitrogen and oxygen atoms in total. The van der Waals surface area contributed by atoms with Crippen LogP contribution in [-0.4, -0.2) is 62.5 Å². The highest BCUT2D eigenvalue weighted by Crippen LogP contribution is 2.15. The Morgan fingerprint density at radius 2 is 1.90 bits per heavy atom. The van der Waals surface area contributed by atoms with E-state index in [-0.39, 0.29) is 17.7 Å². The van der Waals surface area contributed by atoms with Crippen LogP contribution in [0.3, 0.4) is 0 Å². The van der Waals surface area contributed by atoms with Crippen LogP contribution in [0.1, 0.15) is 34.6 Å². The number of aromatic carboxylic acids is 1. The average Bonchev–Trinajstić information content (AvgIpc) is 3.22. The zero-order valence-electron chi connectivity index (χ0n) is 16.7. The Kier molecular flexibility index (Phi) is 7.92. The molecule has 2 aromatic rings. The summed E-state index contributed by atoms with van der Waals surface area (Å²) >= 11 is 1.15. The van der Waals surface area contributed by atoms with E-state index >= 15 is 0 Å². The first-order valence-corrected chi connectivity index (χ1v) is 9.92. The van der Waals surface area contributed by atoms with Crippen molar-refractivity contribution in [1.29, 1.82) is 0 Å². The number of carboxylic acid groups (broad SMARTS) is 2. The lowest BCUT2D eigenvalue weighted by Gasteiger charge is -2.20. The molecule has 12 heteroatoms. The van der Waals surface area contributed by atoms with E-state index < -0.39 is 36.5 Å². The highest BCUT2D eigenvalue weighted by Gasteiger charge is 2.32. The predicted molar refractivity (Wildman–Crippen MR) is 113 cm³/mol. The molecule has 0 fully saturated rings. The zero-order chi connectivity index (χ0) is 23.2. The van der Waals surface area contributed by atoms with Gasteiger partial charge in [-0.05, 0) is 49.4 Å². The number of benzene rings is 1. The van der Waals surface area contributed by atoms with Gasteiger partial charge >= 0.3 is 19.1 Å². The summed E-state index contributed by atoms with van der Waals surface area (Å²) in [6.07, 6.45) is -0.0796. The second kappa shape index (κ2) is 10.2. The van der Waals surface area contributed by atoms with Gasteiger partial charge < -0.3 is 30.4 Å². The minimum absolute atomic E-state index is 0.0140. The normalized spacial score (nSPS) is 12.7. The van der Waals surface area contributed by atoms with Crippen LogP contribution in [-0.2, 0) is 20.8 Å². The van der Waals surface area contributed by atoms with Crippen molar-refractivity contribution in [2.45, 2.75) is 31.8 Å². The van der Waals surface area contributed by atoms with Gasteiger partial charge in [0.15, 0.2) is 5.71 Å². The molecule has 0 spiro atoms. The molecule has 1 atom stereocenters. The van der Waals surface area contributed by atoms with Crippen LogP contribution < -0.4 is 5.32 Å². The first kappa shape index (κ1) is 24.1. The van der Waals surface area contributed by atoms with E-state index in [0.717, 1.165) is 11.3 Å². The molecule has 0 saturated heterocycles. The molecule has 0 aliphatic carbocycles. The summed E-state index contributed by atoms with van der Waals surface area (Å²) in [5, 5.41) is 45.5. The van der Waals surface area contributed by atoms with Crippen molar-refractivity contribution in [3.8, 4) is 0 Å². The van der Waals surface area contributed by atoms with Gasteiger partial charge in [-0.2, -0.15) is 0 Å². The van der Waals surface area contributed by atoms with E-state index in [1.165, 1.54) is 32.0 Å².